The second-order valence-corrected chi connectivity index (χ2v) is 4.79. The van der Waals surface area contributed by atoms with Gasteiger partial charge in [0.05, 0.1) is 0 Å². The number of benzene rings is 2. The Balaban J connectivity index is 2.46. The molecule has 0 amide bonds. The molecule has 2 aromatic carbocycles. The lowest BCUT2D eigenvalue weighted by atomic mass is 9.96. The summed E-state index contributed by atoms with van der Waals surface area (Å²) in [5, 5.41) is 0. The van der Waals surface area contributed by atoms with Crippen molar-refractivity contribution in [3.05, 3.63) is 58.7 Å². The molecule has 0 aliphatic carbocycles. The summed E-state index contributed by atoms with van der Waals surface area (Å²) < 4.78 is 0. The lowest BCUT2D eigenvalue weighted by Crippen LogP contribution is -1.88. The Morgan fingerprint density at radius 1 is 0.706 bits per heavy atom. The molecule has 88 valence electrons. The van der Waals surface area contributed by atoms with Gasteiger partial charge in [0.2, 0.25) is 0 Å². The van der Waals surface area contributed by atoms with E-state index in [1.807, 2.05) is 0 Å². The van der Waals surface area contributed by atoms with Gasteiger partial charge in [-0.2, -0.15) is 0 Å². The molecule has 0 spiro atoms. The van der Waals surface area contributed by atoms with E-state index in [4.69, 9.17) is 0 Å². The summed E-state index contributed by atoms with van der Waals surface area (Å²) in [4.78, 5) is 0. The number of hydrogen-bond donors (Lipinski definition) is 0. The van der Waals surface area contributed by atoms with E-state index in [-0.39, 0.29) is 0 Å². The van der Waals surface area contributed by atoms with Crippen molar-refractivity contribution in [1.29, 1.82) is 0 Å². The fraction of sp³-hybridized carbons (Fsp3) is 0.294. The van der Waals surface area contributed by atoms with E-state index in [9.17, 15) is 0 Å². The molecule has 0 unspecified atom stereocenters. The SMILES string of the molecule is CCc1ccc(-c2ccc(C)c(C)c2)cc1C. The molecule has 0 N–H and O–H groups in total. The Morgan fingerprint density at radius 3 is 1.82 bits per heavy atom. The van der Waals surface area contributed by atoms with Crippen LogP contribution >= 0.6 is 0 Å². The van der Waals surface area contributed by atoms with Gasteiger partial charge in [-0.25, -0.2) is 0 Å². The van der Waals surface area contributed by atoms with Gasteiger partial charge in [-0.05, 0) is 60.6 Å². The number of rotatable bonds is 2. The normalized spacial score (nSPS) is 10.6. The fourth-order valence-electron chi connectivity index (χ4n) is 2.19. The van der Waals surface area contributed by atoms with Crippen molar-refractivity contribution in [3.8, 4) is 11.1 Å². The average Bonchev–Trinajstić information content (AvgIpc) is 2.32. The van der Waals surface area contributed by atoms with E-state index in [1.165, 1.54) is 33.4 Å². The Labute approximate surface area is 104 Å². The molecule has 0 aliphatic heterocycles. The molecule has 2 aromatic rings. The molecular weight excluding hydrogens is 204 g/mol. The largest absolute Gasteiger partial charge is 0.0613 e. The maximum Gasteiger partial charge on any atom is -0.0181 e. The molecule has 0 aliphatic rings. The van der Waals surface area contributed by atoms with Crippen molar-refractivity contribution in [2.75, 3.05) is 0 Å². The molecule has 17 heavy (non-hydrogen) atoms. The van der Waals surface area contributed by atoms with E-state index in [0.29, 0.717) is 0 Å². The minimum atomic E-state index is 1.11. The molecule has 0 heterocycles. The van der Waals surface area contributed by atoms with Gasteiger partial charge in [0.25, 0.3) is 0 Å². The van der Waals surface area contributed by atoms with Gasteiger partial charge in [0.15, 0.2) is 0 Å². The Bertz CT molecular complexity index is 536. The van der Waals surface area contributed by atoms with Crippen LogP contribution in [0.1, 0.15) is 29.2 Å². The van der Waals surface area contributed by atoms with Gasteiger partial charge in [0.1, 0.15) is 0 Å². The molecule has 0 fully saturated rings. The Hall–Kier alpha value is -1.56. The van der Waals surface area contributed by atoms with E-state index in [1.54, 1.807) is 0 Å². The van der Waals surface area contributed by atoms with Crippen molar-refractivity contribution in [2.24, 2.45) is 0 Å². The number of hydrogen-bond acceptors (Lipinski definition) is 0. The zero-order valence-electron chi connectivity index (χ0n) is 11.2. The summed E-state index contributed by atoms with van der Waals surface area (Å²) in [6.45, 7) is 8.73. The number of aryl methyl sites for hydroxylation is 4. The molecule has 0 bridgehead atoms. The summed E-state index contributed by atoms with van der Waals surface area (Å²) >= 11 is 0. The second-order valence-electron chi connectivity index (χ2n) is 4.79. The lowest BCUT2D eigenvalue weighted by Gasteiger charge is -2.09. The topological polar surface area (TPSA) is 0 Å². The van der Waals surface area contributed by atoms with Crippen molar-refractivity contribution in [3.63, 3.8) is 0 Å². The highest BCUT2D eigenvalue weighted by Gasteiger charge is 2.02. The summed E-state index contributed by atoms with van der Waals surface area (Å²) in [7, 11) is 0. The van der Waals surface area contributed by atoms with Gasteiger partial charge >= 0.3 is 0 Å². The smallest absolute Gasteiger partial charge is 0.0181 e. The van der Waals surface area contributed by atoms with Crippen LogP contribution in [0.4, 0.5) is 0 Å². The molecule has 0 saturated carbocycles. The van der Waals surface area contributed by atoms with Crippen LogP contribution in [-0.2, 0) is 6.42 Å². The third kappa shape index (κ3) is 2.41. The van der Waals surface area contributed by atoms with Crippen molar-refractivity contribution >= 4 is 0 Å². The van der Waals surface area contributed by atoms with Gasteiger partial charge < -0.3 is 0 Å². The minimum absolute atomic E-state index is 1.11. The first-order chi connectivity index (χ1) is 8.11. The van der Waals surface area contributed by atoms with E-state index in [2.05, 4.69) is 64.1 Å². The van der Waals surface area contributed by atoms with Gasteiger partial charge in [-0.3, -0.25) is 0 Å². The van der Waals surface area contributed by atoms with E-state index < -0.39 is 0 Å². The molecule has 0 aromatic heterocycles. The van der Waals surface area contributed by atoms with E-state index in [0.717, 1.165) is 6.42 Å². The van der Waals surface area contributed by atoms with Crippen molar-refractivity contribution < 1.29 is 0 Å². The lowest BCUT2D eigenvalue weighted by molar-refractivity contribution is 1.11. The quantitative estimate of drug-likeness (QED) is 0.684. The zero-order valence-corrected chi connectivity index (χ0v) is 11.2. The van der Waals surface area contributed by atoms with Crippen LogP contribution in [-0.4, -0.2) is 0 Å². The fourth-order valence-corrected chi connectivity index (χ4v) is 2.19. The molecule has 0 heteroatoms. The molecule has 0 radical (unpaired) electrons. The van der Waals surface area contributed by atoms with Gasteiger partial charge in [-0.15, -0.1) is 0 Å². The third-order valence-corrected chi connectivity index (χ3v) is 3.56. The predicted octanol–water partition coefficient (Wildman–Crippen LogP) is 4.84. The summed E-state index contributed by atoms with van der Waals surface area (Å²) in [5.41, 5.74) is 8.19. The maximum atomic E-state index is 2.29. The van der Waals surface area contributed by atoms with Crippen LogP contribution in [0.25, 0.3) is 11.1 Å². The predicted molar refractivity (Wildman–Crippen MR) is 75.5 cm³/mol. The zero-order chi connectivity index (χ0) is 12.4. The first-order valence-electron chi connectivity index (χ1n) is 6.29. The van der Waals surface area contributed by atoms with Crippen LogP contribution < -0.4 is 0 Å². The van der Waals surface area contributed by atoms with Crippen LogP contribution in [0.5, 0.6) is 0 Å². The van der Waals surface area contributed by atoms with Gasteiger partial charge in [-0.1, -0.05) is 43.3 Å². The summed E-state index contributed by atoms with van der Waals surface area (Å²) in [6.07, 6.45) is 1.11. The highest BCUT2D eigenvalue weighted by molar-refractivity contribution is 5.66. The minimum Gasteiger partial charge on any atom is -0.0613 e. The van der Waals surface area contributed by atoms with Crippen LogP contribution in [0.15, 0.2) is 36.4 Å². The summed E-state index contributed by atoms with van der Waals surface area (Å²) in [6, 6.07) is 13.5. The van der Waals surface area contributed by atoms with E-state index >= 15 is 0 Å². The molecule has 0 atom stereocenters. The van der Waals surface area contributed by atoms with Crippen molar-refractivity contribution in [2.45, 2.75) is 34.1 Å². The van der Waals surface area contributed by atoms with Crippen LogP contribution in [0.3, 0.4) is 0 Å². The standard InChI is InChI=1S/C17H20/c1-5-15-8-9-17(11-14(15)4)16-7-6-12(2)13(3)10-16/h6-11H,5H2,1-4H3. The second kappa shape index (κ2) is 4.75. The maximum absolute atomic E-state index is 2.29. The third-order valence-electron chi connectivity index (χ3n) is 3.56. The average molecular weight is 224 g/mol. The Kier molecular flexibility index (Phi) is 3.33. The Morgan fingerprint density at radius 2 is 1.29 bits per heavy atom. The molecule has 0 saturated heterocycles. The molecule has 0 nitrogen and oxygen atoms in total. The highest BCUT2D eigenvalue weighted by atomic mass is 14.1. The molecular formula is C17H20. The van der Waals surface area contributed by atoms with Crippen LogP contribution in [0, 0.1) is 20.8 Å². The first kappa shape index (κ1) is 11.9. The first-order valence-corrected chi connectivity index (χ1v) is 6.29. The van der Waals surface area contributed by atoms with Crippen molar-refractivity contribution in [1.82, 2.24) is 0 Å². The summed E-state index contributed by atoms with van der Waals surface area (Å²) in [5.74, 6) is 0. The van der Waals surface area contributed by atoms with Gasteiger partial charge in [0, 0.05) is 0 Å². The highest BCUT2D eigenvalue weighted by Crippen LogP contribution is 2.24. The van der Waals surface area contributed by atoms with Crippen LogP contribution in [0.2, 0.25) is 0 Å². The molecule has 2 rings (SSSR count). The monoisotopic (exact) mass is 224 g/mol.